The normalized spacial score (nSPS) is 13.8. The third-order valence-electron chi connectivity index (χ3n) is 3.69. The fourth-order valence-electron chi connectivity index (χ4n) is 2.94. The van der Waals surface area contributed by atoms with E-state index in [-0.39, 0.29) is 17.5 Å². The lowest BCUT2D eigenvalue weighted by Crippen LogP contribution is -2.42. The number of nitrogens with zero attached hydrogens (tertiary/aromatic N) is 1. The number of carbonyl (C=O) groups is 1. The van der Waals surface area contributed by atoms with Crippen molar-refractivity contribution in [1.82, 2.24) is 5.32 Å². The number of benzene rings is 1. The van der Waals surface area contributed by atoms with Crippen molar-refractivity contribution in [1.29, 1.82) is 0 Å². The van der Waals surface area contributed by atoms with E-state index in [0.29, 0.717) is 6.42 Å². The summed E-state index contributed by atoms with van der Waals surface area (Å²) < 4.78 is 0. The molecule has 1 rings (SSSR count). The molecule has 0 bridgehead atoms. The Bertz CT molecular complexity index is 598. The van der Waals surface area contributed by atoms with Gasteiger partial charge >= 0.3 is 0 Å². The molecule has 1 aromatic carbocycles. The topological polar surface area (TPSA) is 41.5 Å². The Morgan fingerprint density at radius 3 is 2.17 bits per heavy atom. The van der Waals surface area contributed by atoms with Crippen molar-refractivity contribution >= 4 is 18.1 Å². The van der Waals surface area contributed by atoms with E-state index in [1.54, 1.807) is 6.92 Å². The van der Waals surface area contributed by atoms with Crippen molar-refractivity contribution < 1.29 is 4.79 Å². The Balaban J connectivity index is 3.17. The summed E-state index contributed by atoms with van der Waals surface area (Å²) in [4.78, 5) is 16.3. The molecule has 0 saturated carbocycles. The van der Waals surface area contributed by atoms with Crippen molar-refractivity contribution in [3.05, 3.63) is 40.5 Å². The van der Waals surface area contributed by atoms with Crippen LogP contribution in [-0.2, 0) is 4.79 Å². The summed E-state index contributed by atoms with van der Waals surface area (Å²) in [5, 5.41) is 3.40. The van der Waals surface area contributed by atoms with Gasteiger partial charge in [-0.25, -0.2) is 0 Å². The van der Waals surface area contributed by atoms with Crippen molar-refractivity contribution in [2.24, 2.45) is 4.99 Å². The van der Waals surface area contributed by atoms with Crippen LogP contribution in [0.3, 0.4) is 0 Å². The van der Waals surface area contributed by atoms with Gasteiger partial charge in [-0.05, 0) is 71.9 Å². The molecule has 0 aliphatic rings. The third-order valence-corrected chi connectivity index (χ3v) is 3.69. The van der Waals surface area contributed by atoms with E-state index in [0.717, 1.165) is 22.3 Å². The molecule has 1 N–H and O–H groups in total. The summed E-state index contributed by atoms with van der Waals surface area (Å²) in [6.45, 7) is 17.8. The van der Waals surface area contributed by atoms with Crippen LogP contribution in [0.5, 0.6) is 0 Å². The highest BCUT2D eigenvalue weighted by Crippen LogP contribution is 2.26. The van der Waals surface area contributed by atoms with Crippen molar-refractivity contribution in [3.8, 4) is 0 Å². The van der Waals surface area contributed by atoms with Gasteiger partial charge in [-0.3, -0.25) is 15.1 Å². The van der Waals surface area contributed by atoms with Gasteiger partial charge in [0.2, 0.25) is 0 Å². The first kappa shape index (κ1) is 19.3. The van der Waals surface area contributed by atoms with Gasteiger partial charge in [0.1, 0.15) is 6.17 Å². The maximum Gasteiger partial charge on any atom is 0.160 e. The molecular formula is C20H30N2O. The highest BCUT2D eigenvalue weighted by molar-refractivity contribution is 6.20. The molecule has 1 aromatic rings. The van der Waals surface area contributed by atoms with Crippen molar-refractivity contribution in [3.63, 3.8) is 0 Å². The van der Waals surface area contributed by atoms with Gasteiger partial charge in [0.05, 0.1) is 0 Å². The maximum atomic E-state index is 12.2. The highest BCUT2D eigenvalue weighted by atomic mass is 16.1. The van der Waals surface area contributed by atoms with Gasteiger partial charge in [-0.1, -0.05) is 23.8 Å². The first-order valence-corrected chi connectivity index (χ1v) is 8.08. The van der Waals surface area contributed by atoms with Crippen LogP contribution < -0.4 is 5.32 Å². The number of Topliss-reactive ketones (excluding diaryl/α,β-unsaturated/α-hetero) is 1. The minimum Gasteiger partial charge on any atom is -0.295 e. The number of rotatable bonds is 6. The van der Waals surface area contributed by atoms with Gasteiger partial charge in [0.25, 0.3) is 0 Å². The molecule has 0 saturated heterocycles. The first-order chi connectivity index (χ1) is 10.5. The molecule has 0 radical (unpaired) electrons. The number of allylic oxidation sites excluding steroid dienone is 1. The molecule has 3 heteroatoms. The second kappa shape index (κ2) is 7.69. The number of nitrogens with one attached hydrogen (secondary N) is 1. The van der Waals surface area contributed by atoms with E-state index in [1.807, 2.05) is 6.08 Å². The second-order valence-electron chi connectivity index (χ2n) is 7.28. The molecule has 0 fully saturated rings. The van der Waals surface area contributed by atoms with Gasteiger partial charge in [-0.2, -0.15) is 0 Å². The molecule has 0 spiro atoms. The van der Waals surface area contributed by atoms with Crippen molar-refractivity contribution in [2.45, 2.75) is 66.6 Å². The van der Waals surface area contributed by atoms with Crippen LogP contribution in [0.2, 0.25) is 0 Å². The monoisotopic (exact) mass is 314 g/mol. The molecule has 1 unspecified atom stereocenters. The summed E-state index contributed by atoms with van der Waals surface area (Å²) in [6, 6.07) is 4.24. The zero-order valence-corrected chi connectivity index (χ0v) is 15.6. The quantitative estimate of drug-likeness (QED) is 0.625. The fourth-order valence-corrected chi connectivity index (χ4v) is 2.94. The van der Waals surface area contributed by atoms with Crippen LogP contribution in [0.4, 0.5) is 0 Å². The average Bonchev–Trinajstić information content (AvgIpc) is 2.37. The lowest BCUT2D eigenvalue weighted by atomic mass is 9.91. The van der Waals surface area contributed by atoms with Gasteiger partial charge in [0, 0.05) is 17.5 Å². The molecule has 126 valence electrons. The Morgan fingerprint density at radius 2 is 1.78 bits per heavy atom. The van der Waals surface area contributed by atoms with E-state index in [2.05, 4.69) is 70.7 Å². The molecule has 0 aliphatic carbocycles. The summed E-state index contributed by atoms with van der Waals surface area (Å²) in [6.07, 6.45) is 2.53. The Hall–Kier alpha value is -1.74. The van der Waals surface area contributed by atoms with Crippen molar-refractivity contribution in [2.75, 3.05) is 0 Å². The van der Waals surface area contributed by atoms with Gasteiger partial charge in [-0.15, -0.1) is 0 Å². The molecule has 1 atom stereocenters. The molecule has 0 aliphatic heterocycles. The van der Waals surface area contributed by atoms with E-state index in [1.165, 1.54) is 5.56 Å². The molecule has 3 nitrogen and oxygen atoms in total. The zero-order chi connectivity index (χ0) is 17.8. The first-order valence-electron chi connectivity index (χ1n) is 8.08. The van der Waals surface area contributed by atoms with E-state index in [4.69, 9.17) is 0 Å². The molecule has 23 heavy (non-hydrogen) atoms. The van der Waals surface area contributed by atoms with E-state index < -0.39 is 0 Å². The predicted molar refractivity (Wildman–Crippen MR) is 100 cm³/mol. The number of aliphatic imine (C=N–C) groups is 1. The smallest absolute Gasteiger partial charge is 0.160 e. The van der Waals surface area contributed by atoms with Gasteiger partial charge < -0.3 is 0 Å². The minimum absolute atomic E-state index is 0.0498. The highest BCUT2D eigenvalue weighted by Gasteiger charge is 2.17. The van der Waals surface area contributed by atoms with Gasteiger partial charge in [0.15, 0.2) is 5.78 Å². The molecule has 0 aromatic heterocycles. The van der Waals surface area contributed by atoms with Crippen LogP contribution in [-0.4, -0.2) is 24.2 Å². The zero-order valence-electron chi connectivity index (χ0n) is 15.6. The Labute approximate surface area is 140 Å². The molecular weight excluding hydrogens is 284 g/mol. The standard InChI is InChI=1S/C20H30N2O/c1-13-11-14(2)19(15(3)12-13)17(16(4)23)9-10-18(21-8)22-20(5,6)7/h9,11-12,18,22H,8,10H2,1-7H3/b17-9-. The number of ketones is 1. The number of aryl methyl sites for hydroxylation is 3. The third kappa shape index (κ3) is 5.76. The fraction of sp³-hybridized carbons (Fsp3) is 0.500. The summed E-state index contributed by atoms with van der Waals surface area (Å²) >= 11 is 0. The average molecular weight is 314 g/mol. The minimum atomic E-state index is -0.101. The summed E-state index contributed by atoms with van der Waals surface area (Å²) in [5.41, 5.74) is 5.25. The van der Waals surface area contributed by atoms with Crippen LogP contribution in [0.15, 0.2) is 23.2 Å². The molecule has 0 heterocycles. The lowest BCUT2D eigenvalue weighted by Gasteiger charge is -2.25. The summed E-state index contributed by atoms with van der Waals surface area (Å²) in [5.74, 6) is 0.0821. The van der Waals surface area contributed by atoms with Crippen LogP contribution in [0.25, 0.3) is 5.57 Å². The number of hydrogen-bond acceptors (Lipinski definition) is 3. The lowest BCUT2D eigenvalue weighted by molar-refractivity contribution is -0.111. The Morgan fingerprint density at radius 1 is 1.26 bits per heavy atom. The molecule has 0 amide bonds. The SMILES string of the molecule is C=NC(C/C=C(/C(C)=O)c1c(C)cc(C)cc1C)NC(C)(C)C. The van der Waals surface area contributed by atoms with E-state index in [9.17, 15) is 4.79 Å². The largest absolute Gasteiger partial charge is 0.295 e. The predicted octanol–water partition coefficient (Wildman–Crippen LogP) is 4.39. The van der Waals surface area contributed by atoms with Crippen LogP contribution in [0.1, 0.15) is 56.4 Å². The Kier molecular flexibility index (Phi) is 6.46. The second-order valence-corrected chi connectivity index (χ2v) is 7.28. The summed E-state index contributed by atoms with van der Waals surface area (Å²) in [7, 11) is 0. The number of hydrogen-bond donors (Lipinski definition) is 1. The van der Waals surface area contributed by atoms with Crippen LogP contribution >= 0.6 is 0 Å². The maximum absolute atomic E-state index is 12.2. The number of carbonyl (C=O) groups excluding carboxylic acids is 1. The van der Waals surface area contributed by atoms with Crippen LogP contribution in [0, 0.1) is 20.8 Å². The van der Waals surface area contributed by atoms with E-state index >= 15 is 0 Å².